The highest BCUT2D eigenvalue weighted by molar-refractivity contribution is 6.04. The first-order chi connectivity index (χ1) is 9.08. The highest BCUT2D eigenvalue weighted by Gasteiger charge is 2.37. The van der Waals surface area contributed by atoms with Gasteiger partial charge in [-0.15, -0.1) is 0 Å². The minimum atomic E-state index is -0.567. The van der Waals surface area contributed by atoms with Crippen molar-refractivity contribution in [3.8, 4) is 0 Å². The molecule has 6 nitrogen and oxygen atoms in total. The predicted octanol–water partition coefficient (Wildman–Crippen LogP) is 0.0249. The van der Waals surface area contributed by atoms with E-state index in [0.717, 1.165) is 10.5 Å². The Morgan fingerprint density at radius 1 is 1.26 bits per heavy atom. The van der Waals surface area contributed by atoms with Gasteiger partial charge in [-0.2, -0.15) is 0 Å². The zero-order valence-electron chi connectivity index (χ0n) is 10.3. The van der Waals surface area contributed by atoms with Gasteiger partial charge in [-0.1, -0.05) is 30.3 Å². The van der Waals surface area contributed by atoms with Crippen molar-refractivity contribution in [3.05, 3.63) is 35.9 Å². The molecule has 0 saturated carbocycles. The number of urea groups is 1. The molecule has 1 aliphatic rings. The lowest BCUT2D eigenvalue weighted by molar-refractivity contribution is -0.127. The second kappa shape index (κ2) is 5.51. The summed E-state index contributed by atoms with van der Waals surface area (Å²) >= 11 is 0. The topological polar surface area (TPSA) is 92.5 Å². The van der Waals surface area contributed by atoms with Gasteiger partial charge in [-0.3, -0.25) is 14.5 Å². The lowest BCUT2D eigenvalue weighted by Crippen LogP contribution is -2.34. The average molecular weight is 261 g/mol. The van der Waals surface area contributed by atoms with Gasteiger partial charge in [-0.05, 0) is 5.56 Å². The van der Waals surface area contributed by atoms with Crippen molar-refractivity contribution in [2.45, 2.75) is 18.9 Å². The van der Waals surface area contributed by atoms with E-state index < -0.39 is 18.0 Å². The van der Waals surface area contributed by atoms with Crippen LogP contribution in [-0.4, -0.2) is 35.3 Å². The molecule has 19 heavy (non-hydrogen) atoms. The van der Waals surface area contributed by atoms with E-state index in [1.807, 2.05) is 30.3 Å². The number of amides is 4. The molecule has 1 atom stereocenters. The molecule has 1 aromatic rings. The number of benzene rings is 1. The normalized spacial score (nSPS) is 18.5. The smallest absolute Gasteiger partial charge is 0.324 e. The number of hydrogen-bond donors (Lipinski definition) is 2. The van der Waals surface area contributed by atoms with Crippen LogP contribution in [0.4, 0.5) is 4.79 Å². The molecule has 0 unspecified atom stereocenters. The summed E-state index contributed by atoms with van der Waals surface area (Å²) in [5.74, 6) is -0.845. The second-order valence-corrected chi connectivity index (χ2v) is 4.40. The number of nitrogens with one attached hydrogen (secondary N) is 1. The van der Waals surface area contributed by atoms with Gasteiger partial charge in [0.05, 0.1) is 0 Å². The summed E-state index contributed by atoms with van der Waals surface area (Å²) in [5.41, 5.74) is 5.98. The molecule has 0 bridgehead atoms. The van der Waals surface area contributed by atoms with E-state index in [1.165, 1.54) is 0 Å². The van der Waals surface area contributed by atoms with Crippen LogP contribution in [0.25, 0.3) is 0 Å². The maximum absolute atomic E-state index is 12.0. The molecule has 2 rings (SSSR count). The molecule has 1 aromatic carbocycles. The Hall–Kier alpha value is -2.37. The van der Waals surface area contributed by atoms with Gasteiger partial charge in [0.1, 0.15) is 6.04 Å². The van der Waals surface area contributed by atoms with Gasteiger partial charge in [0, 0.05) is 19.4 Å². The first-order valence-electron chi connectivity index (χ1n) is 6.02. The van der Waals surface area contributed by atoms with Crippen molar-refractivity contribution in [1.29, 1.82) is 0 Å². The summed E-state index contributed by atoms with van der Waals surface area (Å²) in [6.45, 7) is 0.0330. The molecule has 4 amide bonds. The van der Waals surface area contributed by atoms with Gasteiger partial charge in [0.2, 0.25) is 5.91 Å². The number of nitrogens with zero attached hydrogens (tertiary/aromatic N) is 1. The number of primary amides is 1. The molecular weight excluding hydrogens is 246 g/mol. The third kappa shape index (κ3) is 3.09. The maximum atomic E-state index is 12.0. The lowest BCUT2D eigenvalue weighted by Gasteiger charge is -2.11. The Balaban J connectivity index is 1.99. The fourth-order valence-corrected chi connectivity index (χ4v) is 2.00. The zero-order chi connectivity index (χ0) is 13.8. The first kappa shape index (κ1) is 13.1. The number of carbonyl (C=O) groups excluding carboxylic acids is 3. The molecule has 3 N–H and O–H groups in total. The van der Waals surface area contributed by atoms with E-state index >= 15 is 0 Å². The number of hydrogen-bond acceptors (Lipinski definition) is 3. The zero-order valence-corrected chi connectivity index (χ0v) is 10.3. The van der Waals surface area contributed by atoms with Crippen LogP contribution in [0.2, 0.25) is 0 Å². The molecule has 0 spiro atoms. The van der Waals surface area contributed by atoms with Crippen LogP contribution in [0.3, 0.4) is 0 Å². The number of rotatable bonds is 5. The standard InChI is InChI=1S/C13H15N3O3/c14-11(17)6-7-16-12(18)10(15-13(16)19)8-9-4-2-1-3-5-9/h1-5,10H,6-8H2,(H2,14,17)(H,15,19)/t10-/m0/s1. The number of nitrogens with two attached hydrogens (primary N) is 1. The Bertz CT molecular complexity index is 501. The van der Waals surface area contributed by atoms with Gasteiger partial charge in [-0.25, -0.2) is 4.79 Å². The lowest BCUT2D eigenvalue weighted by atomic mass is 10.1. The van der Waals surface area contributed by atoms with Gasteiger partial charge >= 0.3 is 6.03 Å². The highest BCUT2D eigenvalue weighted by atomic mass is 16.2. The SMILES string of the molecule is NC(=O)CCN1C(=O)N[C@@H](Cc2ccccc2)C1=O. The molecule has 1 aliphatic heterocycles. The van der Waals surface area contributed by atoms with E-state index in [9.17, 15) is 14.4 Å². The van der Waals surface area contributed by atoms with Crippen LogP contribution in [0.1, 0.15) is 12.0 Å². The van der Waals surface area contributed by atoms with Crippen molar-refractivity contribution in [3.63, 3.8) is 0 Å². The number of imide groups is 1. The van der Waals surface area contributed by atoms with Gasteiger partial charge < -0.3 is 11.1 Å². The van der Waals surface area contributed by atoms with Gasteiger partial charge in [0.25, 0.3) is 5.91 Å². The summed E-state index contributed by atoms with van der Waals surface area (Å²) in [7, 11) is 0. The Kier molecular flexibility index (Phi) is 3.79. The summed E-state index contributed by atoms with van der Waals surface area (Å²) in [4.78, 5) is 35.4. The molecule has 0 aliphatic carbocycles. The average Bonchev–Trinajstić information content (AvgIpc) is 2.63. The number of carbonyl (C=O) groups is 3. The van der Waals surface area contributed by atoms with E-state index in [0.29, 0.717) is 6.42 Å². The van der Waals surface area contributed by atoms with Crippen molar-refractivity contribution in [2.75, 3.05) is 6.54 Å². The molecule has 1 heterocycles. The predicted molar refractivity (Wildman–Crippen MR) is 68.0 cm³/mol. The van der Waals surface area contributed by atoms with Crippen LogP contribution in [0.15, 0.2) is 30.3 Å². The van der Waals surface area contributed by atoms with E-state index in [2.05, 4.69) is 5.32 Å². The van der Waals surface area contributed by atoms with E-state index in [4.69, 9.17) is 5.73 Å². The highest BCUT2D eigenvalue weighted by Crippen LogP contribution is 2.12. The third-order valence-electron chi connectivity index (χ3n) is 2.97. The molecule has 100 valence electrons. The van der Waals surface area contributed by atoms with Crippen LogP contribution in [-0.2, 0) is 16.0 Å². The molecule has 6 heteroatoms. The van der Waals surface area contributed by atoms with Gasteiger partial charge in [0.15, 0.2) is 0 Å². The summed E-state index contributed by atoms with van der Waals surface area (Å²) in [5, 5.41) is 2.61. The Morgan fingerprint density at radius 3 is 2.58 bits per heavy atom. The van der Waals surface area contributed by atoms with Crippen molar-refractivity contribution in [2.24, 2.45) is 5.73 Å². The van der Waals surface area contributed by atoms with Crippen molar-refractivity contribution in [1.82, 2.24) is 10.2 Å². The molecular formula is C13H15N3O3. The summed E-state index contributed by atoms with van der Waals surface area (Å²) in [6, 6.07) is 8.40. The molecule has 0 radical (unpaired) electrons. The van der Waals surface area contributed by atoms with E-state index in [-0.39, 0.29) is 18.9 Å². The fraction of sp³-hybridized carbons (Fsp3) is 0.308. The molecule has 0 aromatic heterocycles. The monoisotopic (exact) mass is 261 g/mol. The van der Waals surface area contributed by atoms with Crippen LogP contribution in [0, 0.1) is 0 Å². The van der Waals surface area contributed by atoms with Crippen molar-refractivity contribution >= 4 is 17.8 Å². The van der Waals surface area contributed by atoms with E-state index in [1.54, 1.807) is 0 Å². The largest absolute Gasteiger partial charge is 0.370 e. The second-order valence-electron chi connectivity index (χ2n) is 4.40. The fourth-order valence-electron chi connectivity index (χ4n) is 2.00. The molecule has 1 saturated heterocycles. The minimum absolute atomic E-state index is 0.0166. The molecule has 1 fully saturated rings. The third-order valence-corrected chi connectivity index (χ3v) is 2.97. The summed E-state index contributed by atoms with van der Waals surface area (Å²) < 4.78 is 0. The van der Waals surface area contributed by atoms with Crippen LogP contribution >= 0.6 is 0 Å². The first-order valence-corrected chi connectivity index (χ1v) is 6.02. The Labute approximate surface area is 110 Å². The van der Waals surface area contributed by atoms with Crippen molar-refractivity contribution < 1.29 is 14.4 Å². The van der Waals surface area contributed by atoms with Crippen LogP contribution in [0.5, 0.6) is 0 Å². The summed E-state index contributed by atoms with van der Waals surface area (Å²) in [6.07, 6.45) is 0.426. The van der Waals surface area contributed by atoms with Crippen LogP contribution < -0.4 is 11.1 Å². The Morgan fingerprint density at radius 2 is 1.95 bits per heavy atom. The quantitative estimate of drug-likeness (QED) is 0.732. The minimum Gasteiger partial charge on any atom is -0.370 e. The maximum Gasteiger partial charge on any atom is 0.324 e.